The Hall–Kier alpha value is -2.63. The second kappa shape index (κ2) is 5.87. The second-order valence-corrected chi connectivity index (χ2v) is 5.99. The summed E-state index contributed by atoms with van der Waals surface area (Å²) in [5.41, 5.74) is 1.81. The molecule has 118 valence electrons. The quantitative estimate of drug-likeness (QED) is 0.911. The van der Waals surface area contributed by atoms with Crippen LogP contribution in [0.4, 0.5) is 22.0 Å². The summed E-state index contributed by atoms with van der Waals surface area (Å²) >= 11 is 0. The molecule has 2 aromatic rings. The lowest BCUT2D eigenvalue weighted by Crippen LogP contribution is -2.46. The summed E-state index contributed by atoms with van der Waals surface area (Å²) in [6.07, 6.45) is 5.12. The molecule has 2 fully saturated rings. The van der Waals surface area contributed by atoms with E-state index in [0.29, 0.717) is 5.92 Å². The number of hydrogen-bond donors (Lipinski definition) is 2. The smallest absolute Gasteiger partial charge is 0.321 e. The van der Waals surface area contributed by atoms with Crippen LogP contribution in [0.2, 0.25) is 0 Å². The fourth-order valence-electron chi connectivity index (χ4n) is 2.76. The van der Waals surface area contributed by atoms with Crippen molar-refractivity contribution in [1.29, 1.82) is 0 Å². The fraction of sp³-hybridized carbons (Fsp3) is 0.353. The zero-order chi connectivity index (χ0) is 15.6. The first-order valence-corrected chi connectivity index (χ1v) is 8.05. The minimum Gasteiger partial charge on any atom is -0.340 e. The maximum atomic E-state index is 12.0. The van der Waals surface area contributed by atoms with Gasteiger partial charge in [-0.05, 0) is 43.5 Å². The van der Waals surface area contributed by atoms with Crippen LogP contribution in [0.15, 0.2) is 36.5 Å². The molecule has 1 aliphatic heterocycles. The molecule has 1 saturated carbocycles. The minimum absolute atomic E-state index is 0.0357. The lowest BCUT2D eigenvalue weighted by molar-refractivity contribution is 0.243. The van der Waals surface area contributed by atoms with E-state index in [1.165, 1.54) is 12.8 Å². The van der Waals surface area contributed by atoms with E-state index >= 15 is 0 Å². The van der Waals surface area contributed by atoms with Gasteiger partial charge in [-0.3, -0.25) is 4.90 Å². The van der Waals surface area contributed by atoms with Gasteiger partial charge in [0.15, 0.2) is 0 Å². The van der Waals surface area contributed by atoms with E-state index in [4.69, 9.17) is 0 Å². The average molecular weight is 309 g/mol. The molecule has 0 spiro atoms. The van der Waals surface area contributed by atoms with Crippen LogP contribution >= 0.6 is 0 Å². The average Bonchev–Trinajstić information content (AvgIpc) is 3.41. The van der Waals surface area contributed by atoms with Crippen LogP contribution in [-0.2, 0) is 0 Å². The number of carbonyl (C=O) groups is 1. The van der Waals surface area contributed by atoms with Crippen molar-refractivity contribution >= 4 is 23.2 Å². The Morgan fingerprint density at radius 3 is 3.00 bits per heavy atom. The number of nitrogens with zero attached hydrogens (tertiary/aromatic N) is 3. The zero-order valence-electron chi connectivity index (χ0n) is 12.8. The number of aromatic nitrogens is 2. The molecule has 1 saturated heterocycles. The molecule has 4 rings (SSSR count). The molecule has 6 nitrogen and oxygen atoms in total. The molecule has 6 heteroatoms. The number of benzene rings is 1. The number of amides is 2. The molecule has 0 unspecified atom stereocenters. The van der Waals surface area contributed by atoms with Crippen molar-refractivity contribution < 1.29 is 4.79 Å². The Balaban J connectivity index is 1.54. The van der Waals surface area contributed by atoms with Crippen molar-refractivity contribution in [3.63, 3.8) is 0 Å². The summed E-state index contributed by atoms with van der Waals surface area (Å²) in [5.74, 6) is 2.24. The van der Waals surface area contributed by atoms with E-state index in [1.807, 2.05) is 30.3 Å². The van der Waals surface area contributed by atoms with Crippen LogP contribution in [0.25, 0.3) is 0 Å². The molecule has 2 heterocycles. The van der Waals surface area contributed by atoms with E-state index in [2.05, 4.69) is 20.6 Å². The van der Waals surface area contributed by atoms with Gasteiger partial charge in [0.2, 0.25) is 0 Å². The molecule has 0 bridgehead atoms. The zero-order valence-corrected chi connectivity index (χ0v) is 12.8. The van der Waals surface area contributed by atoms with E-state index < -0.39 is 0 Å². The van der Waals surface area contributed by atoms with Crippen LogP contribution in [0, 0.1) is 0 Å². The van der Waals surface area contributed by atoms with Crippen molar-refractivity contribution in [1.82, 2.24) is 15.3 Å². The maximum Gasteiger partial charge on any atom is 0.321 e. The van der Waals surface area contributed by atoms with Crippen molar-refractivity contribution in [2.75, 3.05) is 23.3 Å². The molecule has 1 aromatic heterocycles. The lowest BCUT2D eigenvalue weighted by atomic mass is 10.2. The molecule has 2 amide bonds. The summed E-state index contributed by atoms with van der Waals surface area (Å²) in [5, 5.41) is 6.18. The van der Waals surface area contributed by atoms with Crippen molar-refractivity contribution in [2.45, 2.75) is 25.2 Å². The molecule has 0 radical (unpaired) electrons. The Labute approximate surface area is 134 Å². The van der Waals surface area contributed by atoms with Crippen LogP contribution in [0.5, 0.6) is 0 Å². The van der Waals surface area contributed by atoms with Crippen molar-refractivity contribution in [3.05, 3.63) is 42.4 Å². The van der Waals surface area contributed by atoms with Gasteiger partial charge in [-0.2, -0.15) is 0 Å². The van der Waals surface area contributed by atoms with Crippen molar-refractivity contribution in [3.8, 4) is 0 Å². The Kier molecular flexibility index (Phi) is 3.57. The highest BCUT2D eigenvalue weighted by atomic mass is 16.2. The van der Waals surface area contributed by atoms with E-state index in [1.54, 1.807) is 11.1 Å². The summed E-state index contributed by atoms with van der Waals surface area (Å²) in [6.45, 7) is 1.49. The number of anilines is 3. The van der Waals surface area contributed by atoms with Crippen LogP contribution in [0.1, 0.15) is 31.0 Å². The molecule has 2 N–H and O–H groups in total. The summed E-state index contributed by atoms with van der Waals surface area (Å²) < 4.78 is 0. The fourth-order valence-corrected chi connectivity index (χ4v) is 2.76. The summed E-state index contributed by atoms with van der Waals surface area (Å²) in [4.78, 5) is 22.6. The van der Waals surface area contributed by atoms with Gasteiger partial charge < -0.3 is 10.6 Å². The first-order chi connectivity index (χ1) is 11.3. The number of urea groups is 1. The van der Waals surface area contributed by atoms with Crippen LogP contribution < -0.4 is 15.5 Å². The summed E-state index contributed by atoms with van der Waals surface area (Å²) in [7, 11) is 0. The molecule has 1 aromatic carbocycles. The third-order valence-corrected chi connectivity index (χ3v) is 4.13. The van der Waals surface area contributed by atoms with Crippen molar-refractivity contribution in [2.24, 2.45) is 0 Å². The normalized spacial score (nSPS) is 17.7. The molecule has 2 aliphatic rings. The molecule has 23 heavy (non-hydrogen) atoms. The van der Waals surface area contributed by atoms with Gasteiger partial charge >= 0.3 is 6.03 Å². The topological polar surface area (TPSA) is 70.2 Å². The van der Waals surface area contributed by atoms with Crippen LogP contribution in [-0.4, -0.2) is 29.1 Å². The van der Waals surface area contributed by atoms with E-state index in [9.17, 15) is 4.79 Å². The van der Waals surface area contributed by atoms with E-state index in [-0.39, 0.29) is 6.03 Å². The van der Waals surface area contributed by atoms with Gasteiger partial charge in [0.1, 0.15) is 11.6 Å². The van der Waals surface area contributed by atoms with Crippen LogP contribution in [0.3, 0.4) is 0 Å². The Morgan fingerprint density at radius 2 is 2.17 bits per heavy atom. The highest BCUT2D eigenvalue weighted by molar-refractivity contribution is 5.93. The summed E-state index contributed by atoms with van der Waals surface area (Å²) in [6, 6.07) is 9.68. The second-order valence-electron chi connectivity index (χ2n) is 5.99. The standard InChI is InChI=1S/C17H19N5O/c23-17-19-8-2-10-22(17)14-4-1-3-13(11-14)20-15-7-9-18-16(21-15)12-5-6-12/h1,3-4,7,9,11-12H,2,5-6,8,10H2,(H,19,23)(H,18,20,21). The first kappa shape index (κ1) is 14.0. The number of nitrogens with one attached hydrogen (secondary N) is 2. The molecule has 1 aliphatic carbocycles. The highest BCUT2D eigenvalue weighted by Gasteiger charge is 2.26. The molecular formula is C17H19N5O. The third kappa shape index (κ3) is 3.11. The van der Waals surface area contributed by atoms with Gasteiger partial charge in [-0.15, -0.1) is 0 Å². The Morgan fingerprint density at radius 1 is 1.26 bits per heavy atom. The molecule has 0 atom stereocenters. The van der Waals surface area contributed by atoms with E-state index in [0.717, 1.165) is 42.5 Å². The maximum absolute atomic E-state index is 12.0. The van der Waals surface area contributed by atoms with Gasteiger partial charge in [0.05, 0.1) is 0 Å². The van der Waals surface area contributed by atoms with Gasteiger partial charge in [0.25, 0.3) is 0 Å². The monoisotopic (exact) mass is 309 g/mol. The molecular weight excluding hydrogens is 290 g/mol. The highest BCUT2D eigenvalue weighted by Crippen LogP contribution is 2.38. The predicted octanol–water partition coefficient (Wildman–Crippen LogP) is 3.02. The lowest BCUT2D eigenvalue weighted by Gasteiger charge is -2.27. The predicted molar refractivity (Wildman–Crippen MR) is 89.1 cm³/mol. The third-order valence-electron chi connectivity index (χ3n) is 4.13. The SMILES string of the molecule is O=C1NCCCN1c1cccc(Nc2ccnc(C3CC3)n2)c1. The number of hydrogen-bond acceptors (Lipinski definition) is 4. The number of rotatable bonds is 4. The van der Waals surface area contributed by atoms with Gasteiger partial charge in [-0.1, -0.05) is 6.07 Å². The Bertz CT molecular complexity index is 728. The minimum atomic E-state index is -0.0357. The van der Waals surface area contributed by atoms with Gasteiger partial charge in [-0.25, -0.2) is 14.8 Å². The number of carbonyl (C=O) groups excluding carboxylic acids is 1. The largest absolute Gasteiger partial charge is 0.340 e. The van der Waals surface area contributed by atoms with Gasteiger partial charge in [0, 0.05) is 36.6 Å². The first-order valence-electron chi connectivity index (χ1n) is 8.05.